The molecule has 0 spiro atoms. The quantitative estimate of drug-likeness (QED) is 0.917. The van der Waals surface area contributed by atoms with Crippen LogP contribution in [-0.4, -0.2) is 10.9 Å². The normalized spacial score (nSPS) is 16.1. The molecular weight excluding hydrogens is 272 g/mol. The highest BCUT2D eigenvalue weighted by molar-refractivity contribution is 7.98. The van der Waals surface area contributed by atoms with E-state index in [9.17, 15) is 5.11 Å². The van der Waals surface area contributed by atoms with Crippen molar-refractivity contribution in [2.75, 3.05) is 5.75 Å². The molecule has 0 aliphatic carbocycles. The fraction of sp³-hybridized carbons (Fsp3) is 0.375. The topological polar surface area (TPSA) is 20.2 Å². The summed E-state index contributed by atoms with van der Waals surface area (Å²) in [5, 5.41) is 10.4. The van der Waals surface area contributed by atoms with E-state index in [1.54, 1.807) is 11.3 Å². The van der Waals surface area contributed by atoms with Crippen molar-refractivity contribution >= 4 is 23.1 Å². The summed E-state index contributed by atoms with van der Waals surface area (Å²) in [6, 6.07) is 10.7. The van der Waals surface area contributed by atoms with Crippen LogP contribution in [0.4, 0.5) is 0 Å². The summed E-state index contributed by atoms with van der Waals surface area (Å²) in [5.74, 6) is 2.34. The minimum absolute atomic E-state index is 0.358. The van der Waals surface area contributed by atoms with E-state index in [-0.39, 0.29) is 6.10 Å². The largest absolute Gasteiger partial charge is 0.387 e. The fourth-order valence-electron chi connectivity index (χ4n) is 2.38. The lowest BCUT2D eigenvalue weighted by atomic mass is 10.0. The van der Waals surface area contributed by atoms with Gasteiger partial charge in [0.05, 0.1) is 6.10 Å². The van der Waals surface area contributed by atoms with Gasteiger partial charge in [0.1, 0.15) is 0 Å². The summed E-state index contributed by atoms with van der Waals surface area (Å²) in [4.78, 5) is 2.62. The Morgan fingerprint density at radius 3 is 2.79 bits per heavy atom. The first kappa shape index (κ1) is 13.2. The Morgan fingerprint density at radius 2 is 2.05 bits per heavy atom. The van der Waals surface area contributed by atoms with E-state index in [1.165, 1.54) is 33.7 Å². The standard InChI is InChI=1S/C16H18OS2/c1-11-2-4-12(5-3-11)8-14(17)16-9-13-10-18-7-6-15(13)19-16/h2-5,9,14,17H,6-8,10H2,1H3. The summed E-state index contributed by atoms with van der Waals surface area (Å²) in [6.45, 7) is 2.09. The first-order chi connectivity index (χ1) is 9.22. The second-order valence-electron chi connectivity index (χ2n) is 5.11. The lowest BCUT2D eigenvalue weighted by Gasteiger charge is -2.08. The van der Waals surface area contributed by atoms with E-state index >= 15 is 0 Å². The monoisotopic (exact) mass is 290 g/mol. The highest BCUT2D eigenvalue weighted by Crippen LogP contribution is 2.35. The molecule has 1 aromatic carbocycles. The molecule has 1 atom stereocenters. The summed E-state index contributed by atoms with van der Waals surface area (Å²) < 4.78 is 0. The summed E-state index contributed by atoms with van der Waals surface area (Å²) in [5.41, 5.74) is 3.92. The third-order valence-electron chi connectivity index (χ3n) is 3.52. The molecule has 100 valence electrons. The van der Waals surface area contributed by atoms with Gasteiger partial charge in [-0.1, -0.05) is 29.8 Å². The maximum absolute atomic E-state index is 10.4. The van der Waals surface area contributed by atoms with Gasteiger partial charge >= 0.3 is 0 Å². The van der Waals surface area contributed by atoms with Crippen LogP contribution in [0.2, 0.25) is 0 Å². The van der Waals surface area contributed by atoms with Crippen molar-refractivity contribution < 1.29 is 5.11 Å². The van der Waals surface area contributed by atoms with E-state index in [0.717, 1.165) is 10.6 Å². The first-order valence-corrected chi connectivity index (χ1v) is 8.62. The van der Waals surface area contributed by atoms with Gasteiger partial charge < -0.3 is 5.11 Å². The van der Waals surface area contributed by atoms with Crippen LogP contribution in [0.15, 0.2) is 30.3 Å². The van der Waals surface area contributed by atoms with Crippen LogP contribution in [-0.2, 0) is 18.6 Å². The number of aryl methyl sites for hydroxylation is 2. The van der Waals surface area contributed by atoms with Crippen LogP contribution in [0.1, 0.15) is 32.5 Å². The van der Waals surface area contributed by atoms with Crippen molar-refractivity contribution in [3.8, 4) is 0 Å². The van der Waals surface area contributed by atoms with Crippen molar-refractivity contribution in [3.63, 3.8) is 0 Å². The second-order valence-corrected chi connectivity index (χ2v) is 7.38. The molecule has 2 heterocycles. The first-order valence-electron chi connectivity index (χ1n) is 6.65. The van der Waals surface area contributed by atoms with E-state index in [1.807, 2.05) is 11.8 Å². The summed E-state index contributed by atoms with van der Waals surface area (Å²) in [7, 11) is 0. The molecular formula is C16H18OS2. The Morgan fingerprint density at radius 1 is 1.26 bits per heavy atom. The van der Waals surface area contributed by atoms with E-state index in [0.29, 0.717) is 6.42 Å². The van der Waals surface area contributed by atoms with Gasteiger partial charge in [-0.25, -0.2) is 0 Å². The molecule has 1 aromatic heterocycles. The Bertz CT molecular complexity index is 533. The molecule has 0 saturated heterocycles. The molecule has 1 unspecified atom stereocenters. The molecule has 0 amide bonds. The number of thiophene rings is 1. The minimum Gasteiger partial charge on any atom is -0.387 e. The third-order valence-corrected chi connectivity index (χ3v) is 5.87. The molecule has 1 aliphatic rings. The predicted molar refractivity (Wildman–Crippen MR) is 84.0 cm³/mol. The number of hydrogen-bond acceptors (Lipinski definition) is 3. The summed E-state index contributed by atoms with van der Waals surface area (Å²) in [6.07, 6.45) is 1.53. The molecule has 1 nitrogen and oxygen atoms in total. The number of fused-ring (bicyclic) bond motifs is 1. The molecule has 1 N–H and O–H groups in total. The Hall–Kier alpha value is -0.770. The fourth-order valence-corrected chi connectivity index (χ4v) is 4.74. The smallest absolute Gasteiger partial charge is 0.0922 e. The average Bonchev–Trinajstić information content (AvgIpc) is 2.85. The van der Waals surface area contributed by atoms with Crippen molar-refractivity contribution in [2.24, 2.45) is 0 Å². The predicted octanol–water partition coefficient (Wildman–Crippen LogP) is 4.12. The van der Waals surface area contributed by atoms with Gasteiger partial charge in [-0.05, 0) is 36.3 Å². The zero-order valence-corrected chi connectivity index (χ0v) is 12.7. The number of aliphatic hydroxyl groups is 1. The SMILES string of the molecule is Cc1ccc(CC(O)c2cc3c(s2)CCSC3)cc1. The lowest BCUT2D eigenvalue weighted by molar-refractivity contribution is 0.182. The maximum atomic E-state index is 10.4. The molecule has 19 heavy (non-hydrogen) atoms. The van der Waals surface area contributed by atoms with Crippen LogP contribution >= 0.6 is 23.1 Å². The minimum atomic E-state index is -0.358. The Labute approximate surface area is 122 Å². The van der Waals surface area contributed by atoms with Crippen LogP contribution in [0.5, 0.6) is 0 Å². The lowest BCUT2D eigenvalue weighted by Crippen LogP contribution is -1.99. The molecule has 3 heteroatoms. The highest BCUT2D eigenvalue weighted by atomic mass is 32.2. The number of benzene rings is 1. The number of rotatable bonds is 3. The van der Waals surface area contributed by atoms with Crippen molar-refractivity contribution in [3.05, 3.63) is 56.8 Å². The molecule has 0 fully saturated rings. The van der Waals surface area contributed by atoms with Crippen molar-refractivity contribution in [2.45, 2.75) is 31.6 Å². The van der Waals surface area contributed by atoms with E-state index < -0.39 is 0 Å². The van der Waals surface area contributed by atoms with Crippen LogP contribution in [0.25, 0.3) is 0 Å². The van der Waals surface area contributed by atoms with Gasteiger partial charge in [0, 0.05) is 21.9 Å². The van der Waals surface area contributed by atoms with Crippen LogP contribution in [0.3, 0.4) is 0 Å². The molecule has 1 aliphatic heterocycles. The van der Waals surface area contributed by atoms with Gasteiger partial charge in [-0.3, -0.25) is 0 Å². The van der Waals surface area contributed by atoms with Gasteiger partial charge in [0.25, 0.3) is 0 Å². The number of thioether (sulfide) groups is 1. The molecule has 2 aromatic rings. The Balaban J connectivity index is 1.74. The highest BCUT2D eigenvalue weighted by Gasteiger charge is 2.18. The third kappa shape index (κ3) is 3.04. The molecule has 0 radical (unpaired) electrons. The van der Waals surface area contributed by atoms with Crippen molar-refractivity contribution in [1.82, 2.24) is 0 Å². The average molecular weight is 290 g/mol. The summed E-state index contributed by atoms with van der Waals surface area (Å²) >= 11 is 3.80. The van der Waals surface area contributed by atoms with Crippen LogP contribution in [0, 0.1) is 6.92 Å². The molecule has 0 saturated carbocycles. The van der Waals surface area contributed by atoms with Gasteiger partial charge in [-0.15, -0.1) is 11.3 Å². The maximum Gasteiger partial charge on any atom is 0.0922 e. The molecule has 0 bridgehead atoms. The van der Waals surface area contributed by atoms with Crippen molar-refractivity contribution in [1.29, 1.82) is 0 Å². The second kappa shape index (κ2) is 5.70. The van der Waals surface area contributed by atoms with E-state index in [4.69, 9.17) is 0 Å². The molecule has 3 rings (SSSR count). The zero-order chi connectivity index (χ0) is 13.2. The number of hydrogen-bond donors (Lipinski definition) is 1. The van der Waals surface area contributed by atoms with Crippen LogP contribution < -0.4 is 0 Å². The van der Waals surface area contributed by atoms with Gasteiger partial charge in [-0.2, -0.15) is 11.8 Å². The Kier molecular flexibility index (Phi) is 3.96. The van der Waals surface area contributed by atoms with Gasteiger partial charge in [0.2, 0.25) is 0 Å². The number of aliphatic hydroxyl groups excluding tert-OH is 1. The van der Waals surface area contributed by atoms with E-state index in [2.05, 4.69) is 37.3 Å². The zero-order valence-electron chi connectivity index (χ0n) is 11.1. The van der Waals surface area contributed by atoms with Gasteiger partial charge in [0.15, 0.2) is 0 Å².